The second-order valence-electron chi connectivity index (χ2n) is 6.23. The van der Waals surface area contributed by atoms with Gasteiger partial charge in [-0.05, 0) is 50.6 Å². The van der Waals surface area contributed by atoms with Gasteiger partial charge in [0.05, 0.1) is 11.7 Å². The summed E-state index contributed by atoms with van der Waals surface area (Å²) in [6, 6.07) is 15.3. The number of hydrogen-bond donors (Lipinski definition) is 1. The van der Waals surface area contributed by atoms with Gasteiger partial charge in [-0.15, -0.1) is 0 Å². The van der Waals surface area contributed by atoms with E-state index in [-0.39, 0.29) is 11.9 Å². The minimum atomic E-state index is -0.574. The number of carbonyl (C=O) groups excluding carboxylic acids is 1. The third kappa shape index (κ3) is 4.27. The molecule has 26 heavy (non-hydrogen) atoms. The number of rotatable bonds is 6. The average Bonchev–Trinajstić information content (AvgIpc) is 3.18. The van der Waals surface area contributed by atoms with Crippen LogP contribution in [0.4, 0.5) is 0 Å². The zero-order chi connectivity index (χ0) is 18.5. The highest BCUT2D eigenvalue weighted by atomic mass is 16.5. The summed E-state index contributed by atoms with van der Waals surface area (Å²) in [5, 5.41) is 7.08. The standard InChI is InChI=1S/C20H22N4O2/c1-14-4-10-19(11-5-14)26-16(3)20(25)23-15(2)17-6-8-18(9-7-17)24-13-21-12-22-24/h4-13,15-16H,1-3H3,(H,23,25). The Morgan fingerprint density at radius 1 is 1.08 bits per heavy atom. The fraction of sp³-hybridized carbons (Fsp3) is 0.250. The predicted molar refractivity (Wildman–Crippen MR) is 99.2 cm³/mol. The topological polar surface area (TPSA) is 69.0 Å². The lowest BCUT2D eigenvalue weighted by atomic mass is 10.1. The first-order valence-electron chi connectivity index (χ1n) is 8.51. The van der Waals surface area contributed by atoms with Crippen LogP contribution in [0.15, 0.2) is 61.2 Å². The zero-order valence-corrected chi connectivity index (χ0v) is 15.1. The van der Waals surface area contributed by atoms with Crippen LogP contribution in [0.1, 0.15) is 31.0 Å². The van der Waals surface area contributed by atoms with Crippen molar-refractivity contribution < 1.29 is 9.53 Å². The summed E-state index contributed by atoms with van der Waals surface area (Å²) in [6.45, 7) is 5.70. The van der Waals surface area contributed by atoms with E-state index in [0.717, 1.165) is 16.8 Å². The molecule has 0 saturated carbocycles. The van der Waals surface area contributed by atoms with Gasteiger partial charge < -0.3 is 10.1 Å². The Labute approximate surface area is 152 Å². The molecule has 0 aliphatic heterocycles. The molecule has 134 valence electrons. The van der Waals surface area contributed by atoms with Gasteiger partial charge in [0.1, 0.15) is 18.4 Å². The molecular formula is C20H22N4O2. The Bertz CT molecular complexity index is 843. The van der Waals surface area contributed by atoms with E-state index in [9.17, 15) is 4.79 Å². The minimum absolute atomic E-state index is 0.128. The van der Waals surface area contributed by atoms with Gasteiger partial charge in [0.15, 0.2) is 6.10 Å². The van der Waals surface area contributed by atoms with Gasteiger partial charge in [-0.25, -0.2) is 9.67 Å². The number of nitrogens with zero attached hydrogens (tertiary/aromatic N) is 3. The fourth-order valence-electron chi connectivity index (χ4n) is 2.55. The van der Waals surface area contributed by atoms with Crippen molar-refractivity contribution in [2.24, 2.45) is 0 Å². The van der Waals surface area contributed by atoms with Crippen LogP contribution in [0, 0.1) is 6.92 Å². The maximum Gasteiger partial charge on any atom is 0.261 e. The molecule has 0 saturated heterocycles. The normalized spacial score (nSPS) is 13.0. The van der Waals surface area contributed by atoms with Gasteiger partial charge in [0, 0.05) is 0 Å². The summed E-state index contributed by atoms with van der Waals surface area (Å²) in [7, 11) is 0. The van der Waals surface area contributed by atoms with Crippen molar-refractivity contribution in [2.45, 2.75) is 32.9 Å². The number of ether oxygens (including phenoxy) is 1. The Balaban J connectivity index is 1.58. The van der Waals surface area contributed by atoms with Gasteiger partial charge in [-0.1, -0.05) is 29.8 Å². The van der Waals surface area contributed by atoms with Gasteiger partial charge in [-0.3, -0.25) is 4.79 Å². The van der Waals surface area contributed by atoms with Crippen LogP contribution in [-0.2, 0) is 4.79 Å². The lowest BCUT2D eigenvalue weighted by Crippen LogP contribution is -2.37. The molecule has 6 heteroatoms. The molecule has 0 spiro atoms. The smallest absolute Gasteiger partial charge is 0.261 e. The largest absolute Gasteiger partial charge is 0.481 e. The summed E-state index contributed by atoms with van der Waals surface area (Å²) in [5.74, 6) is 0.529. The molecule has 2 unspecified atom stereocenters. The van der Waals surface area contributed by atoms with E-state index < -0.39 is 6.10 Å². The quantitative estimate of drug-likeness (QED) is 0.741. The van der Waals surface area contributed by atoms with Crippen molar-refractivity contribution in [3.63, 3.8) is 0 Å². The molecule has 6 nitrogen and oxygen atoms in total. The van der Waals surface area contributed by atoms with Crippen molar-refractivity contribution in [1.82, 2.24) is 20.1 Å². The van der Waals surface area contributed by atoms with Crippen LogP contribution in [0.3, 0.4) is 0 Å². The van der Waals surface area contributed by atoms with E-state index in [1.165, 1.54) is 6.33 Å². The van der Waals surface area contributed by atoms with Crippen LogP contribution in [0.5, 0.6) is 5.75 Å². The Morgan fingerprint density at radius 3 is 2.38 bits per heavy atom. The number of aromatic nitrogens is 3. The lowest BCUT2D eigenvalue weighted by molar-refractivity contribution is -0.127. The molecule has 0 bridgehead atoms. The maximum absolute atomic E-state index is 12.4. The lowest BCUT2D eigenvalue weighted by Gasteiger charge is -2.19. The Kier molecular flexibility index (Phi) is 5.31. The number of hydrogen-bond acceptors (Lipinski definition) is 4. The van der Waals surface area contributed by atoms with E-state index in [4.69, 9.17) is 4.74 Å². The molecule has 0 aliphatic carbocycles. The van der Waals surface area contributed by atoms with Crippen LogP contribution in [0.2, 0.25) is 0 Å². The van der Waals surface area contributed by atoms with Crippen LogP contribution < -0.4 is 10.1 Å². The fourth-order valence-corrected chi connectivity index (χ4v) is 2.55. The number of amides is 1. The van der Waals surface area contributed by atoms with Crippen LogP contribution in [0.25, 0.3) is 5.69 Å². The molecule has 1 amide bonds. The molecule has 0 radical (unpaired) electrons. The van der Waals surface area contributed by atoms with Crippen LogP contribution >= 0.6 is 0 Å². The van der Waals surface area contributed by atoms with Crippen molar-refractivity contribution in [3.05, 3.63) is 72.3 Å². The Morgan fingerprint density at radius 2 is 1.77 bits per heavy atom. The highest BCUT2D eigenvalue weighted by Crippen LogP contribution is 2.17. The van der Waals surface area contributed by atoms with Crippen molar-refractivity contribution >= 4 is 5.91 Å². The molecule has 2 aromatic carbocycles. The van der Waals surface area contributed by atoms with Gasteiger partial charge >= 0.3 is 0 Å². The molecule has 0 aliphatic rings. The highest BCUT2D eigenvalue weighted by molar-refractivity contribution is 5.81. The first-order valence-corrected chi connectivity index (χ1v) is 8.51. The first-order chi connectivity index (χ1) is 12.5. The molecule has 0 fully saturated rings. The van der Waals surface area contributed by atoms with Crippen LogP contribution in [-0.4, -0.2) is 26.8 Å². The SMILES string of the molecule is Cc1ccc(OC(C)C(=O)NC(C)c2ccc(-n3cncn3)cc2)cc1. The zero-order valence-electron chi connectivity index (χ0n) is 15.1. The predicted octanol–water partition coefficient (Wildman–Crippen LogP) is 3.22. The summed E-state index contributed by atoms with van der Waals surface area (Å²) in [4.78, 5) is 16.3. The van der Waals surface area contributed by atoms with Crippen molar-refractivity contribution in [3.8, 4) is 11.4 Å². The molecular weight excluding hydrogens is 328 g/mol. The molecule has 1 N–H and O–H groups in total. The summed E-state index contributed by atoms with van der Waals surface area (Å²) >= 11 is 0. The highest BCUT2D eigenvalue weighted by Gasteiger charge is 2.17. The molecule has 3 aromatic rings. The summed E-state index contributed by atoms with van der Waals surface area (Å²) in [6.07, 6.45) is 2.56. The van der Waals surface area contributed by atoms with Crippen molar-refractivity contribution in [2.75, 3.05) is 0 Å². The Hall–Kier alpha value is -3.15. The number of aryl methyl sites for hydroxylation is 1. The van der Waals surface area contributed by atoms with Gasteiger partial charge in [-0.2, -0.15) is 5.10 Å². The van der Waals surface area contributed by atoms with E-state index in [2.05, 4.69) is 15.4 Å². The third-order valence-corrected chi connectivity index (χ3v) is 4.14. The van der Waals surface area contributed by atoms with Crippen molar-refractivity contribution in [1.29, 1.82) is 0 Å². The third-order valence-electron chi connectivity index (χ3n) is 4.14. The number of benzene rings is 2. The van der Waals surface area contributed by atoms with E-state index in [1.54, 1.807) is 17.9 Å². The summed E-state index contributed by atoms with van der Waals surface area (Å²) < 4.78 is 7.39. The second kappa shape index (κ2) is 7.82. The van der Waals surface area contributed by atoms with Gasteiger partial charge in [0.25, 0.3) is 5.91 Å². The molecule has 1 heterocycles. The van der Waals surface area contributed by atoms with Gasteiger partial charge in [0.2, 0.25) is 0 Å². The van der Waals surface area contributed by atoms with E-state index in [1.807, 2.05) is 62.4 Å². The number of carbonyl (C=O) groups is 1. The van der Waals surface area contributed by atoms with E-state index >= 15 is 0 Å². The first kappa shape index (κ1) is 17.7. The average molecular weight is 350 g/mol. The monoisotopic (exact) mass is 350 g/mol. The minimum Gasteiger partial charge on any atom is -0.481 e. The second-order valence-corrected chi connectivity index (χ2v) is 6.23. The van der Waals surface area contributed by atoms with E-state index in [0.29, 0.717) is 5.75 Å². The molecule has 2 atom stereocenters. The maximum atomic E-state index is 12.4. The molecule has 1 aromatic heterocycles. The summed E-state index contributed by atoms with van der Waals surface area (Å²) in [5.41, 5.74) is 3.07. The number of nitrogens with one attached hydrogen (secondary N) is 1. The molecule has 3 rings (SSSR count).